The van der Waals surface area contributed by atoms with Crippen molar-refractivity contribution in [1.29, 1.82) is 0 Å². The van der Waals surface area contributed by atoms with Crippen LogP contribution in [0, 0.1) is 0 Å². The van der Waals surface area contributed by atoms with E-state index in [1.165, 1.54) is 30.3 Å². The molecule has 4 N–H and O–H groups in total. The van der Waals surface area contributed by atoms with Crippen molar-refractivity contribution in [3.8, 4) is 0 Å². The second-order valence-electron chi connectivity index (χ2n) is 4.31. The van der Waals surface area contributed by atoms with Gasteiger partial charge in [-0.05, 0) is 42.5 Å². The van der Waals surface area contributed by atoms with E-state index in [1.54, 1.807) is 0 Å². The maximum atomic E-state index is 12.4. The highest BCUT2D eigenvalue weighted by atomic mass is 19.4. The van der Waals surface area contributed by atoms with Gasteiger partial charge in [0.25, 0.3) is 0 Å². The second kappa shape index (κ2) is 5.35. The Bertz CT molecular complexity index is 667. The molecule has 2 aromatic rings. The lowest BCUT2D eigenvalue weighted by Gasteiger charge is -2.10. The first kappa shape index (κ1) is 14.7. The van der Waals surface area contributed by atoms with Gasteiger partial charge in [-0.25, -0.2) is 4.79 Å². The predicted octanol–water partition coefficient (Wildman–Crippen LogP) is 3.73. The number of carboxylic acid groups (broad SMARTS) is 1. The van der Waals surface area contributed by atoms with Crippen molar-refractivity contribution in [2.75, 3.05) is 11.1 Å². The maximum absolute atomic E-state index is 12.4. The van der Waals surface area contributed by atoms with E-state index in [4.69, 9.17) is 10.8 Å². The first-order chi connectivity index (χ1) is 9.77. The molecular formula is C14H11F3N2O2. The van der Waals surface area contributed by atoms with Crippen LogP contribution < -0.4 is 11.1 Å². The lowest BCUT2D eigenvalue weighted by atomic mass is 10.1. The van der Waals surface area contributed by atoms with E-state index in [0.29, 0.717) is 11.4 Å². The van der Waals surface area contributed by atoms with Crippen molar-refractivity contribution in [3.63, 3.8) is 0 Å². The summed E-state index contributed by atoms with van der Waals surface area (Å²) in [6.45, 7) is 0. The van der Waals surface area contributed by atoms with Gasteiger partial charge in [0.1, 0.15) is 0 Å². The molecule has 0 bridgehead atoms. The molecule has 7 heteroatoms. The van der Waals surface area contributed by atoms with Crippen LogP contribution in [0.15, 0.2) is 42.5 Å². The summed E-state index contributed by atoms with van der Waals surface area (Å²) in [6, 6.07) is 8.69. The van der Waals surface area contributed by atoms with E-state index in [-0.39, 0.29) is 11.3 Å². The number of rotatable bonds is 3. The molecule has 0 heterocycles. The largest absolute Gasteiger partial charge is 0.478 e. The van der Waals surface area contributed by atoms with Gasteiger partial charge in [-0.2, -0.15) is 13.2 Å². The van der Waals surface area contributed by atoms with Crippen molar-refractivity contribution >= 4 is 23.0 Å². The summed E-state index contributed by atoms with van der Waals surface area (Å²) >= 11 is 0. The minimum atomic E-state index is -4.38. The van der Waals surface area contributed by atoms with Crippen LogP contribution in [0.2, 0.25) is 0 Å². The summed E-state index contributed by atoms with van der Waals surface area (Å²) < 4.78 is 37.3. The second-order valence-corrected chi connectivity index (χ2v) is 4.31. The number of nitrogens with two attached hydrogens (primary N) is 1. The molecule has 110 valence electrons. The van der Waals surface area contributed by atoms with Crippen LogP contribution in [0.25, 0.3) is 0 Å². The first-order valence-electron chi connectivity index (χ1n) is 5.84. The Morgan fingerprint density at radius 2 is 1.62 bits per heavy atom. The normalized spacial score (nSPS) is 11.2. The molecule has 0 unspecified atom stereocenters. The average Bonchev–Trinajstić information content (AvgIpc) is 2.38. The number of halogens is 3. The SMILES string of the molecule is Nc1cc(Nc2ccc(C(F)(F)F)cc2)ccc1C(=O)O. The Morgan fingerprint density at radius 1 is 1.05 bits per heavy atom. The molecule has 0 fully saturated rings. The number of carboxylic acids is 1. The third-order valence-corrected chi connectivity index (χ3v) is 2.78. The van der Waals surface area contributed by atoms with Crippen LogP contribution in [0.3, 0.4) is 0 Å². The maximum Gasteiger partial charge on any atom is 0.416 e. The van der Waals surface area contributed by atoms with Crippen LogP contribution in [-0.2, 0) is 6.18 Å². The van der Waals surface area contributed by atoms with Gasteiger partial charge in [0.15, 0.2) is 0 Å². The van der Waals surface area contributed by atoms with Crippen molar-refractivity contribution in [1.82, 2.24) is 0 Å². The van der Waals surface area contributed by atoms with Crippen molar-refractivity contribution in [2.45, 2.75) is 6.18 Å². The summed E-state index contributed by atoms with van der Waals surface area (Å²) in [5.41, 5.74) is 5.80. The Hall–Kier alpha value is -2.70. The van der Waals surface area contributed by atoms with Gasteiger partial charge in [-0.3, -0.25) is 0 Å². The highest BCUT2D eigenvalue weighted by molar-refractivity contribution is 5.94. The van der Waals surface area contributed by atoms with E-state index in [0.717, 1.165) is 12.1 Å². The smallest absolute Gasteiger partial charge is 0.416 e. The number of carbonyl (C=O) groups is 1. The number of alkyl halides is 3. The molecule has 0 atom stereocenters. The molecule has 21 heavy (non-hydrogen) atoms. The third-order valence-electron chi connectivity index (χ3n) is 2.78. The number of benzene rings is 2. The molecule has 2 rings (SSSR count). The molecule has 0 saturated carbocycles. The van der Waals surface area contributed by atoms with E-state index in [2.05, 4.69) is 5.32 Å². The van der Waals surface area contributed by atoms with Gasteiger partial charge in [0.2, 0.25) is 0 Å². The Morgan fingerprint density at radius 3 is 2.10 bits per heavy atom. The third kappa shape index (κ3) is 3.44. The van der Waals surface area contributed by atoms with Crippen LogP contribution in [0.4, 0.5) is 30.2 Å². The van der Waals surface area contributed by atoms with Crippen molar-refractivity contribution < 1.29 is 23.1 Å². The topological polar surface area (TPSA) is 75.3 Å². The molecule has 0 spiro atoms. The monoisotopic (exact) mass is 296 g/mol. The van der Waals surface area contributed by atoms with E-state index < -0.39 is 17.7 Å². The van der Waals surface area contributed by atoms with E-state index in [9.17, 15) is 18.0 Å². The molecule has 2 aromatic carbocycles. The summed E-state index contributed by atoms with van der Waals surface area (Å²) in [5, 5.41) is 11.7. The highest BCUT2D eigenvalue weighted by Gasteiger charge is 2.29. The molecule has 0 aliphatic carbocycles. The zero-order valence-corrected chi connectivity index (χ0v) is 10.6. The molecule has 0 amide bonds. The molecule has 0 radical (unpaired) electrons. The van der Waals surface area contributed by atoms with E-state index in [1.807, 2.05) is 0 Å². The van der Waals surface area contributed by atoms with Crippen LogP contribution >= 0.6 is 0 Å². The molecule has 4 nitrogen and oxygen atoms in total. The standard InChI is InChI=1S/C14H11F3N2O2/c15-14(16,17)8-1-3-9(4-2-8)19-10-5-6-11(13(20)21)12(18)7-10/h1-7,19H,18H2,(H,20,21). The quantitative estimate of drug-likeness (QED) is 0.754. The number of anilines is 3. The number of nitrogen functional groups attached to an aromatic ring is 1. The molecule has 0 aliphatic heterocycles. The Labute approximate surface area is 118 Å². The number of nitrogens with one attached hydrogen (secondary N) is 1. The summed E-state index contributed by atoms with van der Waals surface area (Å²) in [5.74, 6) is -1.14. The van der Waals surface area contributed by atoms with E-state index >= 15 is 0 Å². The van der Waals surface area contributed by atoms with Gasteiger partial charge in [0.05, 0.1) is 11.1 Å². The molecule has 0 saturated heterocycles. The molecular weight excluding hydrogens is 285 g/mol. The number of aromatic carboxylic acids is 1. The fourth-order valence-corrected chi connectivity index (χ4v) is 1.74. The average molecular weight is 296 g/mol. The van der Waals surface area contributed by atoms with Crippen LogP contribution in [0.5, 0.6) is 0 Å². The Kier molecular flexibility index (Phi) is 3.75. The fourth-order valence-electron chi connectivity index (χ4n) is 1.74. The summed E-state index contributed by atoms with van der Waals surface area (Å²) in [4.78, 5) is 10.8. The van der Waals surface area contributed by atoms with Gasteiger partial charge in [-0.15, -0.1) is 0 Å². The number of hydrogen-bond acceptors (Lipinski definition) is 3. The van der Waals surface area contributed by atoms with Gasteiger partial charge in [0, 0.05) is 17.1 Å². The predicted molar refractivity (Wildman–Crippen MR) is 72.5 cm³/mol. The van der Waals surface area contributed by atoms with Crippen LogP contribution in [0.1, 0.15) is 15.9 Å². The lowest BCUT2D eigenvalue weighted by Crippen LogP contribution is -2.05. The summed E-state index contributed by atoms with van der Waals surface area (Å²) in [7, 11) is 0. The number of hydrogen-bond donors (Lipinski definition) is 3. The fraction of sp³-hybridized carbons (Fsp3) is 0.0714. The minimum Gasteiger partial charge on any atom is -0.478 e. The molecule has 0 aromatic heterocycles. The van der Waals surface area contributed by atoms with Gasteiger partial charge < -0.3 is 16.2 Å². The van der Waals surface area contributed by atoms with Crippen molar-refractivity contribution in [2.24, 2.45) is 0 Å². The minimum absolute atomic E-state index is 0.0343. The highest BCUT2D eigenvalue weighted by Crippen LogP contribution is 2.30. The van der Waals surface area contributed by atoms with Crippen LogP contribution in [-0.4, -0.2) is 11.1 Å². The first-order valence-corrected chi connectivity index (χ1v) is 5.84. The van der Waals surface area contributed by atoms with Gasteiger partial charge >= 0.3 is 12.1 Å². The zero-order valence-electron chi connectivity index (χ0n) is 10.6. The van der Waals surface area contributed by atoms with Gasteiger partial charge in [-0.1, -0.05) is 0 Å². The molecule has 0 aliphatic rings. The van der Waals surface area contributed by atoms with Crippen molar-refractivity contribution in [3.05, 3.63) is 53.6 Å². The summed E-state index contributed by atoms with van der Waals surface area (Å²) in [6.07, 6.45) is -4.38. The Balaban J connectivity index is 2.19. The zero-order chi connectivity index (χ0) is 15.6. The lowest BCUT2D eigenvalue weighted by molar-refractivity contribution is -0.137.